The van der Waals surface area contributed by atoms with Crippen LogP contribution in [-0.2, 0) is 11.8 Å². The zero-order chi connectivity index (χ0) is 13.2. The lowest BCUT2D eigenvalue weighted by molar-refractivity contribution is -0.0605. The molecule has 1 saturated heterocycles. The van der Waals surface area contributed by atoms with Crippen LogP contribution in [0.3, 0.4) is 0 Å². The number of aryl methyl sites for hydroxylation is 2. The van der Waals surface area contributed by atoms with Crippen molar-refractivity contribution >= 4 is 5.91 Å². The van der Waals surface area contributed by atoms with Gasteiger partial charge in [-0.3, -0.25) is 9.48 Å². The number of nitrogens with one attached hydrogen (secondary N) is 1. The molecule has 2 N–H and O–H groups in total. The van der Waals surface area contributed by atoms with Crippen molar-refractivity contribution in [1.29, 1.82) is 0 Å². The van der Waals surface area contributed by atoms with E-state index < -0.39 is 5.60 Å². The molecule has 6 heteroatoms. The summed E-state index contributed by atoms with van der Waals surface area (Å²) in [6, 6.07) is 1.73. The van der Waals surface area contributed by atoms with Crippen molar-refractivity contribution in [2.75, 3.05) is 19.8 Å². The van der Waals surface area contributed by atoms with Gasteiger partial charge < -0.3 is 15.2 Å². The summed E-state index contributed by atoms with van der Waals surface area (Å²) < 4.78 is 6.73. The predicted molar refractivity (Wildman–Crippen MR) is 65.3 cm³/mol. The van der Waals surface area contributed by atoms with Crippen LogP contribution < -0.4 is 5.32 Å². The second-order valence-corrected chi connectivity index (χ2v) is 4.81. The molecular weight excluding hydrogens is 234 g/mol. The molecule has 2 rings (SSSR count). The Morgan fingerprint density at radius 2 is 2.28 bits per heavy atom. The molecule has 2 heterocycles. The third-order valence-electron chi connectivity index (χ3n) is 3.24. The van der Waals surface area contributed by atoms with E-state index in [0.29, 0.717) is 31.7 Å². The van der Waals surface area contributed by atoms with Crippen LogP contribution >= 0.6 is 0 Å². The minimum absolute atomic E-state index is 0.210. The van der Waals surface area contributed by atoms with Gasteiger partial charge in [0.2, 0.25) is 0 Å². The molecule has 1 aliphatic heterocycles. The molecule has 0 radical (unpaired) electrons. The molecule has 1 aromatic rings. The van der Waals surface area contributed by atoms with E-state index in [1.54, 1.807) is 17.8 Å². The molecule has 0 bridgehead atoms. The van der Waals surface area contributed by atoms with Gasteiger partial charge >= 0.3 is 0 Å². The van der Waals surface area contributed by atoms with Gasteiger partial charge in [0, 0.05) is 39.6 Å². The number of nitrogens with zero attached hydrogens (tertiary/aromatic N) is 2. The number of ether oxygens (including phenoxy) is 1. The topological polar surface area (TPSA) is 76.4 Å². The molecule has 1 aliphatic rings. The molecular formula is C12H19N3O3. The number of hydrogen-bond acceptors (Lipinski definition) is 4. The number of carbonyl (C=O) groups excluding carboxylic acids is 1. The highest BCUT2D eigenvalue weighted by molar-refractivity contribution is 5.92. The van der Waals surface area contributed by atoms with Gasteiger partial charge in [0.25, 0.3) is 5.91 Å². The lowest BCUT2D eigenvalue weighted by Crippen LogP contribution is -2.46. The van der Waals surface area contributed by atoms with Gasteiger partial charge in [0.15, 0.2) is 0 Å². The van der Waals surface area contributed by atoms with Crippen molar-refractivity contribution in [3.63, 3.8) is 0 Å². The van der Waals surface area contributed by atoms with Gasteiger partial charge in [0.1, 0.15) is 5.69 Å². The van der Waals surface area contributed by atoms with Crippen LogP contribution in [0.2, 0.25) is 0 Å². The van der Waals surface area contributed by atoms with Gasteiger partial charge in [0.05, 0.1) is 11.3 Å². The fourth-order valence-electron chi connectivity index (χ4n) is 2.09. The fourth-order valence-corrected chi connectivity index (χ4v) is 2.09. The monoisotopic (exact) mass is 253 g/mol. The summed E-state index contributed by atoms with van der Waals surface area (Å²) in [6.07, 6.45) is 1.11. The summed E-state index contributed by atoms with van der Waals surface area (Å²) in [7, 11) is 1.73. The van der Waals surface area contributed by atoms with E-state index in [4.69, 9.17) is 4.74 Å². The quantitative estimate of drug-likeness (QED) is 0.795. The first-order chi connectivity index (χ1) is 8.50. The van der Waals surface area contributed by atoms with Gasteiger partial charge in [-0.05, 0) is 13.0 Å². The Morgan fingerprint density at radius 3 is 2.83 bits per heavy atom. The van der Waals surface area contributed by atoms with Gasteiger partial charge in [-0.1, -0.05) is 0 Å². The maximum absolute atomic E-state index is 11.9. The highest BCUT2D eigenvalue weighted by Gasteiger charge is 2.30. The van der Waals surface area contributed by atoms with Crippen molar-refractivity contribution in [3.8, 4) is 0 Å². The van der Waals surface area contributed by atoms with Crippen molar-refractivity contribution in [3.05, 3.63) is 17.5 Å². The van der Waals surface area contributed by atoms with Crippen LogP contribution in [0.25, 0.3) is 0 Å². The highest BCUT2D eigenvalue weighted by atomic mass is 16.5. The average Bonchev–Trinajstić information content (AvgIpc) is 2.67. The van der Waals surface area contributed by atoms with E-state index in [1.807, 2.05) is 6.92 Å². The Morgan fingerprint density at radius 1 is 1.61 bits per heavy atom. The maximum Gasteiger partial charge on any atom is 0.269 e. The number of aromatic nitrogens is 2. The summed E-state index contributed by atoms with van der Waals surface area (Å²) in [5.41, 5.74) is 0.456. The third kappa shape index (κ3) is 2.88. The van der Waals surface area contributed by atoms with Crippen molar-refractivity contribution in [2.24, 2.45) is 7.05 Å². The molecule has 6 nitrogen and oxygen atoms in total. The molecule has 1 aromatic heterocycles. The molecule has 1 amide bonds. The molecule has 18 heavy (non-hydrogen) atoms. The number of hydrogen-bond donors (Lipinski definition) is 2. The van der Waals surface area contributed by atoms with Crippen LogP contribution in [0.5, 0.6) is 0 Å². The summed E-state index contributed by atoms with van der Waals surface area (Å²) in [6.45, 7) is 3.16. The van der Waals surface area contributed by atoms with Gasteiger partial charge in [-0.15, -0.1) is 0 Å². The highest BCUT2D eigenvalue weighted by Crippen LogP contribution is 2.19. The Labute approximate surface area is 106 Å². The van der Waals surface area contributed by atoms with E-state index in [1.165, 1.54) is 0 Å². The van der Waals surface area contributed by atoms with E-state index in [9.17, 15) is 9.90 Å². The minimum Gasteiger partial charge on any atom is -0.388 e. The molecule has 0 aliphatic carbocycles. The van der Waals surface area contributed by atoms with Crippen LogP contribution in [0.15, 0.2) is 6.07 Å². The standard InChI is InChI=1S/C12H19N3O3/c1-9-7-10(15(2)14-9)11(16)13-8-12(17)3-5-18-6-4-12/h7,17H,3-6,8H2,1-2H3,(H,13,16). The molecule has 0 aromatic carbocycles. The Balaban J connectivity index is 1.94. The average molecular weight is 253 g/mol. The van der Waals surface area contributed by atoms with Crippen LogP contribution in [0.1, 0.15) is 29.0 Å². The van der Waals surface area contributed by atoms with E-state index in [2.05, 4.69) is 10.4 Å². The van der Waals surface area contributed by atoms with Crippen LogP contribution in [0.4, 0.5) is 0 Å². The van der Waals surface area contributed by atoms with Crippen LogP contribution in [0, 0.1) is 6.92 Å². The van der Waals surface area contributed by atoms with Crippen LogP contribution in [-0.4, -0.2) is 46.2 Å². The van der Waals surface area contributed by atoms with Crippen molar-refractivity contribution < 1.29 is 14.6 Å². The summed E-state index contributed by atoms with van der Waals surface area (Å²) >= 11 is 0. The first-order valence-corrected chi connectivity index (χ1v) is 6.09. The van der Waals surface area contributed by atoms with Crippen molar-refractivity contribution in [2.45, 2.75) is 25.4 Å². The van der Waals surface area contributed by atoms with Gasteiger partial charge in [-0.2, -0.15) is 5.10 Å². The van der Waals surface area contributed by atoms with E-state index in [0.717, 1.165) is 5.69 Å². The Hall–Kier alpha value is -1.40. The first-order valence-electron chi connectivity index (χ1n) is 6.09. The first kappa shape index (κ1) is 13.0. The number of rotatable bonds is 3. The molecule has 0 atom stereocenters. The predicted octanol–water partition coefficient (Wildman–Crippen LogP) is -0.000180. The molecule has 100 valence electrons. The van der Waals surface area contributed by atoms with Crippen molar-refractivity contribution in [1.82, 2.24) is 15.1 Å². The second kappa shape index (κ2) is 5.07. The summed E-state index contributed by atoms with van der Waals surface area (Å²) in [5, 5.41) is 17.1. The fraction of sp³-hybridized carbons (Fsp3) is 0.667. The maximum atomic E-state index is 11.9. The lowest BCUT2D eigenvalue weighted by atomic mass is 9.94. The van der Waals surface area contributed by atoms with E-state index in [-0.39, 0.29) is 12.5 Å². The summed E-state index contributed by atoms with van der Waals surface area (Å²) in [5.74, 6) is -0.210. The number of aliphatic hydroxyl groups is 1. The second-order valence-electron chi connectivity index (χ2n) is 4.81. The molecule has 0 unspecified atom stereocenters. The SMILES string of the molecule is Cc1cc(C(=O)NCC2(O)CCOCC2)n(C)n1. The molecule has 1 fully saturated rings. The molecule has 0 saturated carbocycles. The zero-order valence-electron chi connectivity index (χ0n) is 10.8. The Kier molecular flexibility index (Phi) is 3.68. The third-order valence-corrected chi connectivity index (χ3v) is 3.24. The zero-order valence-corrected chi connectivity index (χ0v) is 10.8. The van der Waals surface area contributed by atoms with E-state index >= 15 is 0 Å². The largest absolute Gasteiger partial charge is 0.388 e. The number of carbonyl (C=O) groups is 1. The Bertz CT molecular complexity index is 436. The minimum atomic E-state index is -0.846. The lowest BCUT2D eigenvalue weighted by Gasteiger charge is -2.32. The molecule has 0 spiro atoms. The number of amides is 1. The van der Waals surface area contributed by atoms with Gasteiger partial charge in [-0.25, -0.2) is 0 Å². The normalized spacial score (nSPS) is 18.6. The smallest absolute Gasteiger partial charge is 0.269 e. The summed E-state index contributed by atoms with van der Waals surface area (Å²) in [4.78, 5) is 11.9.